The van der Waals surface area contributed by atoms with Gasteiger partial charge in [-0.05, 0) is 25.0 Å². The molecule has 0 amide bonds. The zero-order valence-electron chi connectivity index (χ0n) is 12.8. The molecule has 112 valence electrons. The van der Waals surface area contributed by atoms with Crippen molar-refractivity contribution >= 4 is 22.7 Å². The van der Waals surface area contributed by atoms with E-state index in [1.165, 1.54) is 0 Å². The van der Waals surface area contributed by atoms with Gasteiger partial charge in [0.2, 0.25) is 12.1 Å². The van der Waals surface area contributed by atoms with Gasteiger partial charge in [0, 0.05) is 5.92 Å². The number of carbonyl (C=O) groups is 1. The maximum Gasteiger partial charge on any atom is 0.341 e. The molecule has 0 aliphatic rings. The minimum absolute atomic E-state index is 0.00363. The first kappa shape index (κ1) is 15.2. The highest BCUT2D eigenvalue weighted by atomic mass is 16.4. The Morgan fingerprint density at radius 1 is 1.33 bits per heavy atom. The molecule has 0 bridgehead atoms. The van der Waals surface area contributed by atoms with Gasteiger partial charge in [0.25, 0.3) is 0 Å². The maximum absolute atomic E-state index is 11.6. The van der Waals surface area contributed by atoms with Crippen LogP contribution in [-0.2, 0) is 4.79 Å². The van der Waals surface area contributed by atoms with Crippen LogP contribution in [0.3, 0.4) is 0 Å². The summed E-state index contributed by atoms with van der Waals surface area (Å²) in [5.74, 6) is 0.128. The van der Waals surface area contributed by atoms with Crippen LogP contribution in [-0.4, -0.2) is 22.1 Å². The topological polar surface area (TPSA) is 76.4 Å². The average Bonchev–Trinajstić information content (AvgIpc) is 2.43. The van der Waals surface area contributed by atoms with E-state index in [1.54, 1.807) is 6.33 Å². The Labute approximate surface area is 124 Å². The Balaban J connectivity index is 2.41. The number of fused-ring (bicyclic) bond motifs is 1. The van der Waals surface area contributed by atoms with Crippen molar-refractivity contribution in [2.45, 2.75) is 33.7 Å². The molecule has 2 aromatic rings. The fraction of sp³-hybridized carbons (Fsp3) is 0.438. The van der Waals surface area contributed by atoms with E-state index in [1.807, 2.05) is 45.9 Å². The average molecular weight is 288 g/mol. The van der Waals surface area contributed by atoms with Gasteiger partial charge in [-0.3, -0.25) is 5.32 Å². The van der Waals surface area contributed by atoms with E-state index in [4.69, 9.17) is 0 Å². The van der Waals surface area contributed by atoms with Crippen LogP contribution >= 0.6 is 0 Å². The summed E-state index contributed by atoms with van der Waals surface area (Å²) in [7, 11) is 0. The lowest BCUT2D eigenvalue weighted by Gasteiger charge is -2.22. The van der Waals surface area contributed by atoms with E-state index in [0.717, 1.165) is 16.5 Å². The normalized spacial score (nSPS) is 14.1. The first-order valence-corrected chi connectivity index (χ1v) is 7.16. The molecule has 0 aliphatic heterocycles. The molecule has 0 spiro atoms. The third kappa shape index (κ3) is 3.29. The largest absolute Gasteiger partial charge is 0.479 e. The van der Waals surface area contributed by atoms with Crippen LogP contribution in [0.5, 0.6) is 0 Å². The summed E-state index contributed by atoms with van der Waals surface area (Å²) in [5.41, 5.74) is 1.94. The standard InChI is InChI=1S/C16H21N3O2/c1-9(2)11(4)14(16(20)21)19-15-12-7-10(3)5-6-13(12)17-8-18-15/h5-9,11,14H,1-4H3,(H,20,21)(H,17,18,19)/p+1. The number of anilines is 1. The third-order valence-corrected chi connectivity index (χ3v) is 3.98. The van der Waals surface area contributed by atoms with Crippen molar-refractivity contribution in [3.8, 4) is 0 Å². The summed E-state index contributed by atoms with van der Waals surface area (Å²) in [6.07, 6.45) is 1.58. The Bertz CT molecular complexity index is 655. The molecular formula is C16H22N3O2+. The van der Waals surface area contributed by atoms with E-state index in [0.29, 0.717) is 5.82 Å². The lowest BCUT2D eigenvalue weighted by atomic mass is 9.90. The summed E-state index contributed by atoms with van der Waals surface area (Å²) < 4.78 is 0. The van der Waals surface area contributed by atoms with Crippen LogP contribution in [0, 0.1) is 18.8 Å². The van der Waals surface area contributed by atoms with E-state index < -0.39 is 12.0 Å². The molecule has 3 N–H and O–H groups in total. The summed E-state index contributed by atoms with van der Waals surface area (Å²) >= 11 is 0. The summed E-state index contributed by atoms with van der Waals surface area (Å²) in [6.45, 7) is 8.01. The number of aromatic amines is 1. The fourth-order valence-corrected chi connectivity index (χ4v) is 2.28. The van der Waals surface area contributed by atoms with Gasteiger partial charge in [-0.25, -0.2) is 9.78 Å². The Kier molecular flexibility index (Phi) is 4.40. The van der Waals surface area contributed by atoms with E-state index >= 15 is 0 Å². The minimum Gasteiger partial charge on any atom is -0.479 e. The van der Waals surface area contributed by atoms with Crippen LogP contribution in [0.25, 0.3) is 10.9 Å². The lowest BCUT2D eigenvalue weighted by Crippen LogP contribution is -2.39. The molecule has 21 heavy (non-hydrogen) atoms. The summed E-state index contributed by atoms with van der Waals surface area (Å²) in [6, 6.07) is 5.28. The van der Waals surface area contributed by atoms with Gasteiger partial charge in [0.05, 0.1) is 5.39 Å². The van der Waals surface area contributed by atoms with Gasteiger partial charge in [-0.1, -0.05) is 32.4 Å². The number of carboxylic acids is 1. The second-order valence-electron chi connectivity index (χ2n) is 5.86. The second kappa shape index (κ2) is 6.08. The molecule has 2 unspecified atom stereocenters. The van der Waals surface area contributed by atoms with Crippen LogP contribution < -0.4 is 10.3 Å². The lowest BCUT2D eigenvalue weighted by molar-refractivity contribution is -0.364. The molecule has 1 aromatic heterocycles. The number of aromatic nitrogens is 2. The number of H-pyrrole nitrogens is 1. The zero-order chi connectivity index (χ0) is 15.6. The van der Waals surface area contributed by atoms with Crippen LogP contribution in [0.2, 0.25) is 0 Å². The maximum atomic E-state index is 11.6. The van der Waals surface area contributed by atoms with E-state index in [2.05, 4.69) is 15.3 Å². The SMILES string of the molecule is Cc1ccc2nc[nH+]c(NC(C(=O)O)C(C)C(C)C)c2c1. The number of benzene rings is 1. The quantitative estimate of drug-likeness (QED) is 0.886. The molecule has 2 atom stereocenters. The van der Waals surface area contributed by atoms with Crippen LogP contribution in [0.15, 0.2) is 24.5 Å². The molecule has 1 heterocycles. The summed E-state index contributed by atoms with van der Waals surface area (Å²) in [5, 5.41) is 13.5. The third-order valence-electron chi connectivity index (χ3n) is 3.98. The van der Waals surface area contributed by atoms with Crippen LogP contribution in [0.4, 0.5) is 5.82 Å². The summed E-state index contributed by atoms with van der Waals surface area (Å²) in [4.78, 5) is 18.9. The first-order valence-electron chi connectivity index (χ1n) is 7.16. The highest BCUT2D eigenvalue weighted by Gasteiger charge is 2.30. The number of aryl methyl sites for hydroxylation is 1. The Morgan fingerprint density at radius 2 is 2.05 bits per heavy atom. The Hall–Kier alpha value is -2.17. The number of nitrogens with one attached hydrogen (secondary N) is 2. The number of aliphatic carboxylic acids is 1. The highest BCUT2D eigenvalue weighted by molar-refractivity contribution is 5.89. The van der Waals surface area contributed by atoms with Gasteiger partial charge in [0.15, 0.2) is 11.6 Å². The fourth-order valence-electron chi connectivity index (χ4n) is 2.28. The van der Waals surface area contributed by atoms with Crippen molar-refractivity contribution in [2.24, 2.45) is 11.8 Å². The number of rotatable bonds is 5. The smallest absolute Gasteiger partial charge is 0.341 e. The van der Waals surface area contributed by atoms with Crippen molar-refractivity contribution in [1.29, 1.82) is 0 Å². The van der Waals surface area contributed by atoms with Gasteiger partial charge < -0.3 is 5.11 Å². The first-order chi connectivity index (χ1) is 9.90. The molecule has 5 heteroatoms. The van der Waals surface area contributed by atoms with Gasteiger partial charge in [-0.2, -0.15) is 0 Å². The van der Waals surface area contributed by atoms with E-state index in [-0.39, 0.29) is 11.8 Å². The predicted octanol–water partition coefficient (Wildman–Crippen LogP) is 2.51. The van der Waals surface area contributed by atoms with E-state index in [9.17, 15) is 9.90 Å². The number of hydrogen-bond acceptors (Lipinski definition) is 3. The molecule has 5 nitrogen and oxygen atoms in total. The number of nitrogens with zero attached hydrogens (tertiary/aromatic N) is 1. The molecular weight excluding hydrogens is 266 g/mol. The van der Waals surface area contributed by atoms with Gasteiger partial charge >= 0.3 is 5.97 Å². The van der Waals surface area contributed by atoms with Crippen molar-refractivity contribution in [2.75, 3.05) is 5.32 Å². The minimum atomic E-state index is -0.845. The van der Waals surface area contributed by atoms with Gasteiger partial charge in [-0.15, -0.1) is 4.98 Å². The van der Waals surface area contributed by atoms with Crippen LogP contribution in [0.1, 0.15) is 26.3 Å². The molecule has 0 saturated heterocycles. The second-order valence-corrected chi connectivity index (χ2v) is 5.86. The molecule has 0 radical (unpaired) electrons. The van der Waals surface area contributed by atoms with Crippen molar-refractivity contribution < 1.29 is 14.9 Å². The number of carboxylic acid groups (broad SMARTS) is 1. The molecule has 1 aromatic carbocycles. The number of hydrogen-bond donors (Lipinski definition) is 2. The molecule has 0 aliphatic carbocycles. The monoisotopic (exact) mass is 288 g/mol. The zero-order valence-corrected chi connectivity index (χ0v) is 12.8. The van der Waals surface area contributed by atoms with Gasteiger partial charge in [0.1, 0.15) is 0 Å². The van der Waals surface area contributed by atoms with Crippen molar-refractivity contribution in [3.63, 3.8) is 0 Å². The highest BCUT2D eigenvalue weighted by Crippen LogP contribution is 2.22. The van der Waals surface area contributed by atoms with Crippen molar-refractivity contribution in [1.82, 2.24) is 4.98 Å². The molecule has 0 fully saturated rings. The molecule has 0 saturated carbocycles. The Morgan fingerprint density at radius 3 is 2.67 bits per heavy atom. The van der Waals surface area contributed by atoms with Crippen molar-refractivity contribution in [3.05, 3.63) is 30.1 Å². The molecule has 2 rings (SSSR count). The predicted molar refractivity (Wildman–Crippen MR) is 82.1 cm³/mol.